The van der Waals surface area contributed by atoms with Crippen molar-refractivity contribution < 1.29 is 19.1 Å². The fraction of sp³-hybridized carbons (Fsp3) is 0.474. The highest BCUT2D eigenvalue weighted by Gasteiger charge is 2.28. The van der Waals surface area contributed by atoms with Crippen molar-refractivity contribution in [2.45, 2.75) is 25.2 Å². The van der Waals surface area contributed by atoms with Gasteiger partial charge in [0, 0.05) is 24.0 Å². The maximum atomic E-state index is 12.6. The number of anilines is 2. The highest BCUT2D eigenvalue weighted by molar-refractivity contribution is 7.09. The van der Waals surface area contributed by atoms with Gasteiger partial charge in [-0.15, -0.1) is 0 Å². The average molecular weight is 420 g/mol. The van der Waals surface area contributed by atoms with Gasteiger partial charge in [0.2, 0.25) is 11.0 Å². The molecular weight excluding hydrogens is 394 g/mol. The first-order valence-electron chi connectivity index (χ1n) is 9.56. The summed E-state index contributed by atoms with van der Waals surface area (Å²) in [7, 11) is 0. The van der Waals surface area contributed by atoms with E-state index < -0.39 is 0 Å². The smallest absolute Gasteiger partial charge is 0.259 e. The summed E-state index contributed by atoms with van der Waals surface area (Å²) >= 11 is 1.17. The van der Waals surface area contributed by atoms with Gasteiger partial charge in [-0.3, -0.25) is 14.9 Å². The zero-order valence-corrected chi connectivity index (χ0v) is 16.9. The van der Waals surface area contributed by atoms with Gasteiger partial charge < -0.3 is 20.5 Å². The van der Waals surface area contributed by atoms with E-state index in [-0.39, 0.29) is 24.8 Å². The molecule has 2 amide bonds. The number of aromatic nitrogens is 2. The first-order chi connectivity index (χ1) is 14.2. The molecule has 0 unspecified atom stereocenters. The van der Waals surface area contributed by atoms with Crippen LogP contribution in [0.4, 0.5) is 10.8 Å². The Morgan fingerprint density at radius 1 is 1.10 bits per heavy atom. The van der Waals surface area contributed by atoms with Crippen molar-refractivity contribution >= 4 is 34.2 Å². The zero-order valence-electron chi connectivity index (χ0n) is 16.1. The number of hydrogen-bond acceptors (Lipinski definition) is 8. The molecule has 4 N–H and O–H groups in total. The third kappa shape index (κ3) is 6.86. The number of carbonyl (C=O) groups excluding carboxylic acids is 2. The fourth-order valence-corrected chi connectivity index (χ4v) is 3.17. The minimum absolute atomic E-state index is 0.175. The molecule has 1 aliphatic carbocycles. The van der Waals surface area contributed by atoms with E-state index in [1.165, 1.54) is 11.5 Å². The third-order valence-electron chi connectivity index (χ3n) is 4.16. The summed E-state index contributed by atoms with van der Waals surface area (Å²) in [6.45, 7) is 2.06. The molecule has 29 heavy (non-hydrogen) atoms. The molecule has 0 saturated heterocycles. The van der Waals surface area contributed by atoms with Crippen LogP contribution in [-0.4, -0.2) is 54.1 Å². The minimum atomic E-state index is -0.340. The molecule has 10 heteroatoms. The van der Waals surface area contributed by atoms with Gasteiger partial charge in [0.25, 0.3) is 5.91 Å². The van der Waals surface area contributed by atoms with E-state index in [2.05, 4.69) is 20.0 Å². The Hall–Kier alpha value is -2.40. The van der Waals surface area contributed by atoms with E-state index in [1.807, 2.05) is 0 Å². The number of rotatable bonds is 12. The van der Waals surface area contributed by atoms with Gasteiger partial charge in [0.15, 0.2) is 0 Å². The SMILES string of the molecule is NCCOCCOCCC(=O)Nc1ccccc1C(=O)Nc1nc(C2CC2)ns1. The topological polar surface area (TPSA) is 128 Å². The van der Waals surface area contributed by atoms with Crippen molar-refractivity contribution in [3.05, 3.63) is 35.7 Å². The molecule has 0 atom stereocenters. The highest BCUT2D eigenvalue weighted by atomic mass is 32.1. The molecule has 0 spiro atoms. The maximum Gasteiger partial charge on any atom is 0.259 e. The molecule has 1 saturated carbocycles. The molecule has 2 aromatic rings. The summed E-state index contributed by atoms with van der Waals surface area (Å²) < 4.78 is 14.8. The molecule has 3 rings (SSSR count). The average Bonchev–Trinajstić information content (AvgIpc) is 3.47. The van der Waals surface area contributed by atoms with Crippen molar-refractivity contribution in [3.8, 4) is 0 Å². The van der Waals surface area contributed by atoms with E-state index in [0.717, 1.165) is 18.7 Å². The fourth-order valence-electron chi connectivity index (χ4n) is 2.53. The Morgan fingerprint density at radius 3 is 2.62 bits per heavy atom. The first kappa shape index (κ1) is 21.3. The van der Waals surface area contributed by atoms with Crippen molar-refractivity contribution in [1.29, 1.82) is 0 Å². The van der Waals surface area contributed by atoms with Gasteiger partial charge in [-0.05, 0) is 25.0 Å². The highest BCUT2D eigenvalue weighted by Crippen LogP contribution is 2.39. The number of hydrogen-bond donors (Lipinski definition) is 3. The number of nitrogens with two attached hydrogens (primary N) is 1. The first-order valence-corrected chi connectivity index (χ1v) is 10.3. The second-order valence-corrected chi connectivity index (χ2v) is 7.30. The van der Waals surface area contributed by atoms with Crippen molar-refractivity contribution in [3.63, 3.8) is 0 Å². The number of nitrogens with one attached hydrogen (secondary N) is 2. The van der Waals surface area contributed by atoms with Crippen LogP contribution in [0.1, 0.15) is 41.4 Å². The number of nitrogens with zero attached hydrogens (tertiary/aromatic N) is 2. The molecule has 1 aromatic heterocycles. The number of amides is 2. The maximum absolute atomic E-state index is 12.6. The summed E-state index contributed by atoms with van der Waals surface area (Å²) in [4.78, 5) is 29.2. The summed E-state index contributed by atoms with van der Waals surface area (Å²) in [6.07, 6.45) is 2.38. The predicted octanol–water partition coefficient (Wildman–Crippen LogP) is 1.99. The lowest BCUT2D eigenvalue weighted by molar-refractivity contribution is -0.117. The Kier molecular flexibility index (Phi) is 8.05. The second kappa shape index (κ2) is 11.0. The van der Waals surface area contributed by atoms with E-state index in [4.69, 9.17) is 15.2 Å². The van der Waals surface area contributed by atoms with Crippen LogP contribution >= 0.6 is 11.5 Å². The molecule has 156 valence electrons. The van der Waals surface area contributed by atoms with Gasteiger partial charge in [0.05, 0.1) is 44.1 Å². The van der Waals surface area contributed by atoms with Gasteiger partial charge in [-0.1, -0.05) is 12.1 Å². The van der Waals surface area contributed by atoms with E-state index in [9.17, 15) is 9.59 Å². The Labute approximate surface area is 173 Å². The molecule has 0 aliphatic heterocycles. The van der Waals surface area contributed by atoms with Gasteiger partial charge >= 0.3 is 0 Å². The van der Waals surface area contributed by atoms with Crippen molar-refractivity contribution in [1.82, 2.24) is 9.36 Å². The van der Waals surface area contributed by atoms with Crippen LogP contribution in [0.25, 0.3) is 0 Å². The molecule has 9 nitrogen and oxygen atoms in total. The summed E-state index contributed by atoms with van der Waals surface area (Å²) in [5.74, 6) is 0.644. The van der Waals surface area contributed by atoms with Crippen LogP contribution in [0, 0.1) is 0 Å². The van der Waals surface area contributed by atoms with Crippen LogP contribution in [0.2, 0.25) is 0 Å². The summed E-state index contributed by atoms with van der Waals surface area (Å²) in [5, 5.41) is 5.98. The summed E-state index contributed by atoms with van der Waals surface area (Å²) in [5.41, 5.74) is 6.12. The minimum Gasteiger partial charge on any atom is -0.379 e. The number of carbonyl (C=O) groups is 2. The monoisotopic (exact) mass is 419 g/mol. The van der Waals surface area contributed by atoms with E-state index in [1.54, 1.807) is 24.3 Å². The normalized spacial score (nSPS) is 13.3. The van der Waals surface area contributed by atoms with Crippen LogP contribution in [0.5, 0.6) is 0 Å². The lowest BCUT2D eigenvalue weighted by Gasteiger charge is -2.10. The Morgan fingerprint density at radius 2 is 1.86 bits per heavy atom. The van der Waals surface area contributed by atoms with Gasteiger partial charge in [0.1, 0.15) is 5.82 Å². The second-order valence-electron chi connectivity index (χ2n) is 6.54. The lowest BCUT2D eigenvalue weighted by Crippen LogP contribution is -2.19. The third-order valence-corrected chi connectivity index (χ3v) is 4.80. The quantitative estimate of drug-likeness (QED) is 0.449. The van der Waals surface area contributed by atoms with Gasteiger partial charge in [-0.25, -0.2) is 4.98 Å². The molecule has 1 fully saturated rings. The molecule has 0 bridgehead atoms. The molecular formula is C19H25N5O4S. The zero-order chi connectivity index (χ0) is 20.5. The van der Waals surface area contributed by atoms with Crippen molar-refractivity contribution in [2.75, 3.05) is 43.6 Å². The number of benzene rings is 1. The molecule has 1 heterocycles. The van der Waals surface area contributed by atoms with Crippen LogP contribution in [0.3, 0.4) is 0 Å². The van der Waals surface area contributed by atoms with Crippen LogP contribution in [-0.2, 0) is 14.3 Å². The Bertz CT molecular complexity index is 824. The summed E-state index contributed by atoms with van der Waals surface area (Å²) in [6, 6.07) is 6.84. The predicted molar refractivity (Wildman–Crippen MR) is 110 cm³/mol. The van der Waals surface area contributed by atoms with Crippen LogP contribution < -0.4 is 16.4 Å². The van der Waals surface area contributed by atoms with E-state index >= 15 is 0 Å². The number of ether oxygens (including phenoxy) is 2. The van der Waals surface area contributed by atoms with E-state index in [0.29, 0.717) is 48.7 Å². The Balaban J connectivity index is 1.47. The largest absolute Gasteiger partial charge is 0.379 e. The van der Waals surface area contributed by atoms with Crippen molar-refractivity contribution in [2.24, 2.45) is 5.73 Å². The molecule has 1 aliphatic rings. The number of para-hydroxylation sites is 1. The van der Waals surface area contributed by atoms with Crippen LogP contribution in [0.15, 0.2) is 24.3 Å². The molecule has 0 radical (unpaired) electrons. The lowest BCUT2D eigenvalue weighted by atomic mass is 10.1. The standard InChI is InChI=1S/C19H25N5O4S/c20-8-10-28-12-11-27-9-7-16(25)21-15-4-2-1-3-14(15)18(26)23-19-22-17(24-29-19)13-5-6-13/h1-4,13H,5-12,20H2,(H,21,25)(H,22,23,24,26). The molecule has 1 aromatic carbocycles. The van der Waals surface area contributed by atoms with Gasteiger partial charge in [-0.2, -0.15) is 4.37 Å².